The minimum absolute atomic E-state index is 0.256. The standard InChI is InChI=1S/C9H11BrFNO/c1-2-13-7-4-3-6(5-12)8(10)9(7)11/h3-4H,2,5,12H2,1H3. The molecule has 0 aliphatic carbocycles. The highest BCUT2D eigenvalue weighted by Crippen LogP contribution is 2.28. The summed E-state index contributed by atoms with van der Waals surface area (Å²) >= 11 is 3.13. The van der Waals surface area contributed by atoms with Crippen LogP contribution in [0.25, 0.3) is 0 Å². The van der Waals surface area contributed by atoms with Crippen LogP contribution in [-0.2, 0) is 6.54 Å². The highest BCUT2D eigenvalue weighted by atomic mass is 79.9. The molecule has 0 saturated carbocycles. The fraction of sp³-hybridized carbons (Fsp3) is 0.333. The Morgan fingerprint density at radius 2 is 2.23 bits per heavy atom. The molecule has 0 atom stereocenters. The second-order valence-corrected chi connectivity index (χ2v) is 3.28. The van der Waals surface area contributed by atoms with Gasteiger partial charge in [0.2, 0.25) is 0 Å². The first-order valence-electron chi connectivity index (χ1n) is 4.00. The van der Waals surface area contributed by atoms with E-state index < -0.39 is 0 Å². The van der Waals surface area contributed by atoms with Gasteiger partial charge < -0.3 is 10.5 Å². The van der Waals surface area contributed by atoms with Crippen LogP contribution in [0.1, 0.15) is 12.5 Å². The fourth-order valence-corrected chi connectivity index (χ4v) is 1.49. The monoisotopic (exact) mass is 247 g/mol. The smallest absolute Gasteiger partial charge is 0.179 e. The van der Waals surface area contributed by atoms with E-state index in [4.69, 9.17) is 10.5 Å². The van der Waals surface area contributed by atoms with Crippen molar-refractivity contribution in [2.75, 3.05) is 6.61 Å². The summed E-state index contributed by atoms with van der Waals surface area (Å²) in [7, 11) is 0. The maximum absolute atomic E-state index is 13.4. The van der Waals surface area contributed by atoms with Crippen LogP contribution >= 0.6 is 15.9 Å². The lowest BCUT2D eigenvalue weighted by Crippen LogP contribution is -2.01. The normalized spacial score (nSPS) is 10.2. The zero-order valence-corrected chi connectivity index (χ0v) is 8.90. The van der Waals surface area contributed by atoms with Crippen LogP contribution in [0.4, 0.5) is 4.39 Å². The van der Waals surface area contributed by atoms with Crippen molar-refractivity contribution in [2.45, 2.75) is 13.5 Å². The Hall–Kier alpha value is -0.610. The van der Waals surface area contributed by atoms with Gasteiger partial charge in [-0.2, -0.15) is 0 Å². The van der Waals surface area contributed by atoms with E-state index in [0.29, 0.717) is 17.6 Å². The van der Waals surface area contributed by atoms with Crippen molar-refractivity contribution < 1.29 is 9.13 Å². The van der Waals surface area contributed by atoms with Gasteiger partial charge in [-0.25, -0.2) is 4.39 Å². The number of hydrogen-bond donors (Lipinski definition) is 1. The fourth-order valence-electron chi connectivity index (χ4n) is 0.996. The van der Waals surface area contributed by atoms with Gasteiger partial charge in [0.1, 0.15) is 0 Å². The van der Waals surface area contributed by atoms with Crippen molar-refractivity contribution in [1.29, 1.82) is 0 Å². The van der Waals surface area contributed by atoms with Gasteiger partial charge >= 0.3 is 0 Å². The van der Waals surface area contributed by atoms with Crippen LogP contribution in [0.3, 0.4) is 0 Å². The van der Waals surface area contributed by atoms with Crippen molar-refractivity contribution >= 4 is 15.9 Å². The van der Waals surface area contributed by atoms with Gasteiger partial charge in [0.15, 0.2) is 11.6 Å². The summed E-state index contributed by atoms with van der Waals surface area (Å²) in [6.45, 7) is 2.57. The summed E-state index contributed by atoms with van der Waals surface area (Å²) in [4.78, 5) is 0. The number of hydrogen-bond acceptors (Lipinski definition) is 2. The molecule has 0 aliphatic heterocycles. The zero-order valence-electron chi connectivity index (χ0n) is 7.31. The Kier molecular flexibility index (Phi) is 3.69. The largest absolute Gasteiger partial charge is 0.491 e. The van der Waals surface area contributed by atoms with Gasteiger partial charge in [-0.15, -0.1) is 0 Å². The van der Waals surface area contributed by atoms with Crippen LogP contribution in [0, 0.1) is 5.82 Å². The SMILES string of the molecule is CCOc1ccc(CN)c(Br)c1F. The molecule has 13 heavy (non-hydrogen) atoms. The molecule has 4 heteroatoms. The predicted molar refractivity (Wildman–Crippen MR) is 53.2 cm³/mol. The molecular weight excluding hydrogens is 237 g/mol. The molecule has 2 nitrogen and oxygen atoms in total. The minimum Gasteiger partial charge on any atom is -0.491 e. The molecule has 0 aliphatic rings. The van der Waals surface area contributed by atoms with Crippen LogP contribution in [-0.4, -0.2) is 6.61 Å². The maximum atomic E-state index is 13.4. The third-order valence-electron chi connectivity index (χ3n) is 1.65. The summed E-state index contributed by atoms with van der Waals surface area (Å²) in [6.07, 6.45) is 0. The Balaban J connectivity index is 3.07. The van der Waals surface area contributed by atoms with E-state index in [0.717, 1.165) is 5.56 Å². The maximum Gasteiger partial charge on any atom is 0.179 e. The molecule has 2 N–H and O–H groups in total. The molecule has 0 spiro atoms. The Bertz CT molecular complexity index is 304. The van der Waals surface area contributed by atoms with Crippen molar-refractivity contribution in [2.24, 2.45) is 5.73 Å². The second kappa shape index (κ2) is 4.58. The quantitative estimate of drug-likeness (QED) is 0.891. The average Bonchev–Trinajstić information content (AvgIpc) is 2.14. The first-order valence-corrected chi connectivity index (χ1v) is 4.79. The van der Waals surface area contributed by atoms with Gasteiger partial charge in [0, 0.05) is 6.54 Å². The molecule has 0 fully saturated rings. The van der Waals surface area contributed by atoms with Gasteiger partial charge in [0.05, 0.1) is 11.1 Å². The number of halogens is 2. The van der Waals surface area contributed by atoms with Crippen molar-refractivity contribution in [1.82, 2.24) is 0 Å². The first kappa shape index (κ1) is 10.5. The number of benzene rings is 1. The molecule has 0 saturated heterocycles. The average molecular weight is 248 g/mol. The zero-order chi connectivity index (χ0) is 9.84. The Labute approximate surface area is 85.0 Å². The van der Waals surface area contributed by atoms with Crippen molar-refractivity contribution in [3.8, 4) is 5.75 Å². The molecule has 1 aromatic carbocycles. The lowest BCUT2D eigenvalue weighted by atomic mass is 10.2. The van der Waals surface area contributed by atoms with E-state index in [2.05, 4.69) is 15.9 Å². The van der Waals surface area contributed by atoms with Crippen molar-refractivity contribution in [3.63, 3.8) is 0 Å². The lowest BCUT2D eigenvalue weighted by Gasteiger charge is -2.08. The summed E-state index contributed by atoms with van der Waals surface area (Å²) < 4.78 is 18.9. The molecule has 72 valence electrons. The molecule has 1 aromatic rings. The van der Waals surface area contributed by atoms with Gasteiger partial charge in [-0.3, -0.25) is 0 Å². The van der Waals surface area contributed by atoms with E-state index in [-0.39, 0.29) is 11.6 Å². The van der Waals surface area contributed by atoms with Gasteiger partial charge in [0.25, 0.3) is 0 Å². The summed E-state index contributed by atoms with van der Waals surface area (Å²) in [5, 5.41) is 0. The van der Waals surface area contributed by atoms with Crippen LogP contribution < -0.4 is 10.5 Å². The molecule has 0 heterocycles. The highest BCUT2D eigenvalue weighted by molar-refractivity contribution is 9.10. The first-order chi connectivity index (χ1) is 6.20. The lowest BCUT2D eigenvalue weighted by molar-refractivity contribution is 0.320. The number of ether oxygens (including phenoxy) is 1. The van der Waals surface area contributed by atoms with Gasteiger partial charge in [-0.1, -0.05) is 6.07 Å². The molecule has 0 amide bonds. The second-order valence-electron chi connectivity index (χ2n) is 2.49. The van der Waals surface area contributed by atoms with Crippen LogP contribution in [0.5, 0.6) is 5.75 Å². The topological polar surface area (TPSA) is 35.2 Å². The van der Waals surface area contributed by atoms with Crippen LogP contribution in [0.15, 0.2) is 16.6 Å². The number of nitrogens with two attached hydrogens (primary N) is 1. The Morgan fingerprint density at radius 1 is 1.54 bits per heavy atom. The van der Waals surface area contributed by atoms with E-state index in [1.54, 1.807) is 12.1 Å². The minimum atomic E-state index is -0.384. The molecule has 0 radical (unpaired) electrons. The third-order valence-corrected chi connectivity index (χ3v) is 2.50. The van der Waals surface area contributed by atoms with E-state index >= 15 is 0 Å². The van der Waals surface area contributed by atoms with E-state index in [1.807, 2.05) is 6.92 Å². The van der Waals surface area contributed by atoms with Crippen molar-refractivity contribution in [3.05, 3.63) is 28.0 Å². The number of rotatable bonds is 3. The van der Waals surface area contributed by atoms with Gasteiger partial charge in [-0.05, 0) is 34.5 Å². The predicted octanol–water partition coefficient (Wildman–Crippen LogP) is 2.45. The van der Waals surface area contributed by atoms with E-state index in [9.17, 15) is 4.39 Å². The molecule has 1 rings (SSSR count). The third kappa shape index (κ3) is 2.19. The summed E-state index contributed by atoms with van der Waals surface area (Å²) in [5.41, 5.74) is 6.14. The summed E-state index contributed by atoms with van der Waals surface area (Å²) in [5.74, 6) is -0.128. The molecular formula is C9H11BrFNO. The van der Waals surface area contributed by atoms with Crippen LogP contribution in [0.2, 0.25) is 0 Å². The molecule has 0 bridgehead atoms. The molecule has 0 unspecified atom stereocenters. The summed E-state index contributed by atoms with van der Waals surface area (Å²) in [6, 6.07) is 3.34. The highest BCUT2D eigenvalue weighted by Gasteiger charge is 2.10. The Morgan fingerprint density at radius 3 is 2.77 bits per heavy atom. The van der Waals surface area contributed by atoms with E-state index in [1.165, 1.54) is 0 Å². The molecule has 0 aromatic heterocycles.